The molecule has 7 heteroatoms. The Morgan fingerprint density at radius 3 is 2.48 bits per heavy atom. The lowest BCUT2D eigenvalue weighted by molar-refractivity contribution is -0.384. The van der Waals surface area contributed by atoms with E-state index >= 15 is 0 Å². The van der Waals surface area contributed by atoms with E-state index in [1.54, 1.807) is 23.1 Å². The minimum atomic E-state index is -0.445. The highest BCUT2D eigenvalue weighted by molar-refractivity contribution is 6.30. The number of carbonyl (C=O) groups excluding carboxylic acids is 1. The van der Waals surface area contributed by atoms with Gasteiger partial charge < -0.3 is 4.90 Å². The van der Waals surface area contributed by atoms with Crippen LogP contribution in [0.15, 0.2) is 54.6 Å². The Labute approximate surface area is 162 Å². The van der Waals surface area contributed by atoms with Crippen LogP contribution in [0.3, 0.4) is 0 Å². The molecule has 1 amide bonds. The van der Waals surface area contributed by atoms with Crippen LogP contribution in [-0.4, -0.2) is 46.8 Å². The van der Waals surface area contributed by atoms with Crippen molar-refractivity contribution in [3.05, 3.63) is 80.9 Å². The number of non-ortho nitro benzene ring substituents is 1. The Hall–Kier alpha value is -2.70. The lowest BCUT2D eigenvalue weighted by Gasteiger charge is -2.34. The molecule has 0 N–H and O–H groups in total. The van der Waals surface area contributed by atoms with Crippen LogP contribution in [0.1, 0.15) is 11.1 Å². The molecule has 0 aromatic heterocycles. The second kappa shape index (κ2) is 8.79. The number of piperazine rings is 1. The Bertz CT molecular complexity index is 844. The molecule has 1 fully saturated rings. The van der Waals surface area contributed by atoms with Gasteiger partial charge in [-0.25, -0.2) is 0 Å². The van der Waals surface area contributed by atoms with Crippen LogP contribution in [0.2, 0.25) is 5.02 Å². The molecule has 140 valence electrons. The van der Waals surface area contributed by atoms with Gasteiger partial charge >= 0.3 is 0 Å². The smallest absolute Gasteiger partial charge is 0.270 e. The molecule has 0 atom stereocenters. The average Bonchev–Trinajstić information content (AvgIpc) is 2.68. The molecule has 27 heavy (non-hydrogen) atoms. The number of nitro groups is 1. The fourth-order valence-electron chi connectivity index (χ4n) is 2.99. The number of nitro benzene ring substituents is 1. The van der Waals surface area contributed by atoms with Crippen molar-refractivity contribution in [1.82, 2.24) is 9.80 Å². The summed E-state index contributed by atoms with van der Waals surface area (Å²) in [5, 5.41) is 11.5. The van der Waals surface area contributed by atoms with E-state index in [0.717, 1.165) is 24.7 Å². The molecule has 6 nitrogen and oxygen atoms in total. The van der Waals surface area contributed by atoms with Crippen LogP contribution >= 0.6 is 11.6 Å². The van der Waals surface area contributed by atoms with E-state index in [4.69, 9.17) is 11.6 Å². The molecule has 2 aromatic rings. The Kier molecular flexibility index (Phi) is 6.21. The maximum absolute atomic E-state index is 12.4. The van der Waals surface area contributed by atoms with Gasteiger partial charge in [-0.15, -0.1) is 0 Å². The minimum absolute atomic E-state index is 0.0143. The van der Waals surface area contributed by atoms with E-state index in [9.17, 15) is 14.9 Å². The first-order valence-corrected chi connectivity index (χ1v) is 9.07. The molecule has 1 aliphatic heterocycles. The SMILES string of the molecule is O=C(/C=C/c1cccc([N+](=O)[O-])c1)N1CCN(Cc2ccc(Cl)cc2)CC1. The van der Waals surface area contributed by atoms with Crippen LogP contribution in [0.5, 0.6) is 0 Å². The molecule has 2 aromatic carbocycles. The molecule has 0 spiro atoms. The molecule has 0 unspecified atom stereocenters. The highest BCUT2D eigenvalue weighted by Gasteiger charge is 2.19. The summed E-state index contributed by atoms with van der Waals surface area (Å²) >= 11 is 5.91. The number of carbonyl (C=O) groups is 1. The third-order valence-corrected chi connectivity index (χ3v) is 4.75. The van der Waals surface area contributed by atoms with Gasteiger partial charge in [-0.2, -0.15) is 0 Å². The van der Waals surface area contributed by atoms with Gasteiger partial charge in [0.1, 0.15) is 0 Å². The molecule has 0 radical (unpaired) electrons. The highest BCUT2D eigenvalue weighted by atomic mass is 35.5. The van der Waals surface area contributed by atoms with Gasteiger partial charge in [0.25, 0.3) is 5.69 Å². The van der Waals surface area contributed by atoms with Crippen molar-refractivity contribution in [2.75, 3.05) is 26.2 Å². The molecule has 0 aliphatic carbocycles. The summed E-state index contributed by atoms with van der Waals surface area (Å²) in [5.74, 6) is -0.0763. The molecule has 1 aliphatic rings. The number of halogens is 1. The van der Waals surface area contributed by atoms with Gasteiger partial charge in [0.15, 0.2) is 0 Å². The second-order valence-electron chi connectivity index (χ2n) is 6.41. The van der Waals surface area contributed by atoms with Crippen LogP contribution in [0.4, 0.5) is 5.69 Å². The maximum Gasteiger partial charge on any atom is 0.270 e. The molecule has 0 bridgehead atoms. The predicted octanol–water partition coefficient (Wildman–Crippen LogP) is 3.61. The first kappa shape index (κ1) is 19.1. The van der Waals surface area contributed by atoms with Crippen LogP contribution in [0.25, 0.3) is 6.08 Å². The third kappa shape index (κ3) is 5.39. The zero-order chi connectivity index (χ0) is 19.2. The zero-order valence-electron chi connectivity index (χ0n) is 14.8. The Morgan fingerprint density at radius 1 is 1.11 bits per heavy atom. The lowest BCUT2D eigenvalue weighted by atomic mass is 10.1. The predicted molar refractivity (Wildman–Crippen MR) is 105 cm³/mol. The van der Waals surface area contributed by atoms with Gasteiger partial charge in [-0.3, -0.25) is 19.8 Å². The van der Waals surface area contributed by atoms with Gasteiger partial charge in [0.05, 0.1) is 4.92 Å². The topological polar surface area (TPSA) is 66.7 Å². The molecule has 0 saturated carbocycles. The summed E-state index contributed by atoms with van der Waals surface area (Å²) in [7, 11) is 0. The standard InChI is InChI=1S/C20H20ClN3O3/c21-18-7-4-17(5-8-18)15-22-10-12-23(13-11-22)20(25)9-6-16-2-1-3-19(14-16)24(26)27/h1-9,14H,10-13,15H2/b9-6+. The quantitative estimate of drug-likeness (QED) is 0.448. The van der Waals surface area contributed by atoms with E-state index in [1.165, 1.54) is 23.8 Å². The van der Waals surface area contributed by atoms with Crippen LogP contribution in [-0.2, 0) is 11.3 Å². The fourth-order valence-corrected chi connectivity index (χ4v) is 3.12. The van der Waals surface area contributed by atoms with Gasteiger partial charge in [0, 0.05) is 56.0 Å². The van der Waals surface area contributed by atoms with Gasteiger partial charge in [-0.1, -0.05) is 35.9 Å². The molecular weight excluding hydrogens is 366 g/mol. The first-order chi connectivity index (χ1) is 13.0. The van der Waals surface area contributed by atoms with Crippen molar-refractivity contribution in [3.8, 4) is 0 Å². The van der Waals surface area contributed by atoms with E-state index < -0.39 is 4.92 Å². The number of rotatable bonds is 5. The lowest BCUT2D eigenvalue weighted by Crippen LogP contribution is -2.47. The second-order valence-corrected chi connectivity index (χ2v) is 6.85. The van der Waals surface area contributed by atoms with Crippen molar-refractivity contribution < 1.29 is 9.72 Å². The van der Waals surface area contributed by atoms with E-state index in [1.807, 2.05) is 24.3 Å². The fraction of sp³-hybridized carbons (Fsp3) is 0.250. The van der Waals surface area contributed by atoms with E-state index in [-0.39, 0.29) is 11.6 Å². The highest BCUT2D eigenvalue weighted by Crippen LogP contribution is 2.15. The average molecular weight is 386 g/mol. The van der Waals surface area contributed by atoms with Crippen molar-refractivity contribution >= 4 is 29.3 Å². The minimum Gasteiger partial charge on any atom is -0.337 e. The summed E-state index contributed by atoms with van der Waals surface area (Å²) in [4.78, 5) is 26.8. The number of nitrogens with zero attached hydrogens (tertiary/aromatic N) is 3. The Morgan fingerprint density at radius 2 is 1.81 bits per heavy atom. The normalized spacial score (nSPS) is 15.2. The van der Waals surface area contributed by atoms with Crippen molar-refractivity contribution in [3.63, 3.8) is 0 Å². The summed E-state index contributed by atoms with van der Waals surface area (Å²) in [6, 6.07) is 14.0. The number of amides is 1. The molecule has 3 rings (SSSR count). The molecular formula is C20H20ClN3O3. The van der Waals surface area contributed by atoms with Gasteiger partial charge in [0.2, 0.25) is 5.91 Å². The number of hydrogen-bond acceptors (Lipinski definition) is 4. The van der Waals surface area contributed by atoms with Crippen LogP contribution in [0, 0.1) is 10.1 Å². The summed E-state index contributed by atoms with van der Waals surface area (Å²) in [5.41, 5.74) is 1.85. The molecule has 1 saturated heterocycles. The van der Waals surface area contributed by atoms with Crippen molar-refractivity contribution in [2.24, 2.45) is 0 Å². The first-order valence-electron chi connectivity index (χ1n) is 8.69. The van der Waals surface area contributed by atoms with Crippen molar-refractivity contribution in [1.29, 1.82) is 0 Å². The Balaban J connectivity index is 1.51. The maximum atomic E-state index is 12.4. The number of hydrogen-bond donors (Lipinski definition) is 0. The largest absolute Gasteiger partial charge is 0.337 e. The van der Waals surface area contributed by atoms with E-state index in [2.05, 4.69) is 4.90 Å². The summed E-state index contributed by atoms with van der Waals surface area (Å²) in [6.45, 7) is 3.76. The van der Waals surface area contributed by atoms with Crippen LogP contribution < -0.4 is 0 Å². The summed E-state index contributed by atoms with van der Waals surface area (Å²) in [6.07, 6.45) is 3.10. The number of benzene rings is 2. The zero-order valence-corrected chi connectivity index (χ0v) is 15.5. The monoisotopic (exact) mass is 385 g/mol. The molecule has 1 heterocycles. The van der Waals surface area contributed by atoms with Gasteiger partial charge in [-0.05, 0) is 29.3 Å². The van der Waals surface area contributed by atoms with E-state index in [0.29, 0.717) is 18.7 Å². The third-order valence-electron chi connectivity index (χ3n) is 4.50. The van der Waals surface area contributed by atoms with Crippen molar-refractivity contribution in [2.45, 2.75) is 6.54 Å². The summed E-state index contributed by atoms with van der Waals surface area (Å²) < 4.78 is 0.